The van der Waals surface area contributed by atoms with Gasteiger partial charge in [0.15, 0.2) is 18.0 Å². The zero-order valence-electron chi connectivity index (χ0n) is 51.3. The van der Waals surface area contributed by atoms with Gasteiger partial charge >= 0.3 is 11.9 Å². The monoisotopic (exact) mass is 1280 g/mol. The summed E-state index contributed by atoms with van der Waals surface area (Å²) in [5.74, 6) is -2.74. The average molecular weight is 1280 g/mol. The van der Waals surface area contributed by atoms with Crippen molar-refractivity contribution in [1.82, 2.24) is 65.5 Å². The Balaban J connectivity index is 0.635. The number of H-pyrrole nitrogens is 1. The number of carboxylic acids is 2. The number of thioether (sulfide) groups is 1. The maximum absolute atomic E-state index is 14.2. The molecule has 93 heavy (non-hydrogen) atoms. The van der Waals surface area contributed by atoms with Crippen LogP contribution in [0.3, 0.4) is 0 Å². The van der Waals surface area contributed by atoms with E-state index in [1.54, 1.807) is 30.6 Å². The Morgan fingerprint density at radius 2 is 1.25 bits per heavy atom. The molecule has 4 aliphatic heterocycles. The van der Waals surface area contributed by atoms with Gasteiger partial charge in [-0.1, -0.05) is 24.3 Å². The standard InChI is InChI=1S/C66H70N16O10S/c1-36-15-45-30-80-27-41-19-51(76-53(21-41)64(88)89)52-20-42(22-54(77-52)65(90)91)28-81(31-46-16-37(2)18-50(75-46)49(17-36)74-45)33-48-24-44(23-47(32-80)73-48)61(86)69-13-12-68-56(83)11-14-93-55-25-57(84)82(63(55)87)29-39-7-9-43(10-8-39)60(85)70-26-38-3-5-40(6-4-38)34-92-62-58-59(72-35-71-58)78-66(67)79-62/h3-6,15-24,35,39,43,55,62H,7-14,25-34H2,1-2H3,(H,68,83)(H,69,86)(H,70,85)(H,71,72)(H,88,89)(H,90,91)(H3,67,78,79). The van der Waals surface area contributed by atoms with Crippen molar-refractivity contribution >= 4 is 65.0 Å². The molecule has 4 unspecified atom stereocenters. The van der Waals surface area contributed by atoms with Gasteiger partial charge in [0, 0.05) is 95.5 Å². The van der Waals surface area contributed by atoms with Crippen molar-refractivity contribution in [3.05, 3.63) is 170 Å². The number of hydrogen-bond donors (Lipinski definition) is 8. The maximum atomic E-state index is 14.2. The van der Waals surface area contributed by atoms with Gasteiger partial charge in [0.05, 0.1) is 63.7 Å². The third-order valence-corrected chi connectivity index (χ3v) is 18.1. The highest BCUT2D eigenvalue weighted by atomic mass is 32.2. The number of carboxylic acid groups (broad SMARTS) is 2. The molecule has 27 heteroatoms. The molecular formula is C66H70N16O10S. The number of anilines is 1. The van der Waals surface area contributed by atoms with Crippen molar-refractivity contribution in [2.45, 2.75) is 116 Å². The van der Waals surface area contributed by atoms with Crippen molar-refractivity contribution in [2.24, 2.45) is 22.6 Å². The number of aromatic amines is 1. The van der Waals surface area contributed by atoms with Crippen molar-refractivity contribution in [3.63, 3.8) is 0 Å². The number of benzene rings is 1. The number of aromatic carboxylic acids is 2. The van der Waals surface area contributed by atoms with Crippen LogP contribution in [0.15, 0.2) is 96.2 Å². The van der Waals surface area contributed by atoms with E-state index in [1.807, 2.05) is 72.2 Å². The first-order valence-corrected chi connectivity index (χ1v) is 31.9. The molecule has 26 nitrogen and oxygen atoms in total. The molecule has 1 aliphatic carbocycles. The van der Waals surface area contributed by atoms with Crippen LogP contribution >= 0.6 is 11.8 Å². The van der Waals surface area contributed by atoms with Gasteiger partial charge in [-0.05, 0) is 139 Å². The SMILES string of the molecule is Cc1cc2nc(c1)-c1cc(C)cc(n1)CN1Cc3cc(C(=O)O)nc(c3)-c3cc(cc(C(=O)O)n3)CN(Cc3cc(C(=O)NCCNC(=O)CCSC4CC(=O)N(CC5CCC(C(=O)NCc6ccc(COC7N=C(N)Nc8nc[nH]c87)cc6)CC5)C4=O)cc(n3)C1)C2. The number of nitrogens with zero attached hydrogens (tertiary/aromatic N) is 10. The highest BCUT2D eigenvalue weighted by Crippen LogP contribution is 2.34. The lowest BCUT2D eigenvalue weighted by atomic mass is 9.81. The summed E-state index contributed by atoms with van der Waals surface area (Å²) in [6.07, 6.45) is 3.80. The van der Waals surface area contributed by atoms with E-state index in [1.165, 1.54) is 28.8 Å². The second-order valence-corrected chi connectivity index (χ2v) is 25.6. The van der Waals surface area contributed by atoms with Crippen molar-refractivity contribution in [1.29, 1.82) is 0 Å². The molecule has 7 aromatic rings. The number of nitrogens with one attached hydrogen (secondary N) is 5. The average Bonchev–Trinajstić information content (AvgIpc) is 1.75. The summed E-state index contributed by atoms with van der Waals surface area (Å²) in [5, 5.41) is 31.8. The summed E-state index contributed by atoms with van der Waals surface area (Å²) < 4.78 is 5.99. The zero-order valence-corrected chi connectivity index (χ0v) is 52.1. The molecule has 5 amide bonds. The molecule has 10 heterocycles. The number of carbonyl (C=O) groups excluding carboxylic acids is 5. The van der Waals surface area contributed by atoms with Gasteiger partial charge in [-0.3, -0.25) is 43.7 Å². The Bertz CT molecular complexity index is 3950. The molecule has 6 aromatic heterocycles. The zero-order chi connectivity index (χ0) is 64.9. The van der Waals surface area contributed by atoms with Gasteiger partial charge < -0.3 is 46.9 Å². The normalized spacial score (nSPS) is 19.9. The van der Waals surface area contributed by atoms with Gasteiger partial charge in [0.25, 0.3) is 5.91 Å². The van der Waals surface area contributed by atoms with Crippen LogP contribution in [0.5, 0.6) is 0 Å². The highest BCUT2D eigenvalue weighted by Gasteiger charge is 2.41. The summed E-state index contributed by atoms with van der Waals surface area (Å²) >= 11 is 1.28. The minimum atomic E-state index is -1.27. The Labute approximate surface area is 539 Å². The summed E-state index contributed by atoms with van der Waals surface area (Å²) in [5.41, 5.74) is 15.5. The summed E-state index contributed by atoms with van der Waals surface area (Å²) in [4.78, 5) is 134. The number of amides is 5. The van der Waals surface area contributed by atoms with E-state index in [0.29, 0.717) is 113 Å². The molecule has 5 aliphatic rings. The topological polar surface area (TPSA) is 359 Å². The number of fused-ring (bicyclic) bond motifs is 13. The van der Waals surface area contributed by atoms with Gasteiger partial charge in [0.2, 0.25) is 23.6 Å². The lowest BCUT2D eigenvalue weighted by molar-refractivity contribution is -0.139. The van der Waals surface area contributed by atoms with Crippen molar-refractivity contribution < 1.29 is 48.5 Å². The van der Waals surface area contributed by atoms with E-state index >= 15 is 0 Å². The van der Waals surface area contributed by atoms with E-state index in [-0.39, 0.29) is 129 Å². The maximum Gasteiger partial charge on any atom is 0.354 e. The minimum Gasteiger partial charge on any atom is -0.477 e. The lowest BCUT2D eigenvalue weighted by Gasteiger charge is -2.30. The second kappa shape index (κ2) is 28.0. The number of imidazole rings is 1. The number of guanidine groups is 1. The molecule has 9 N–H and O–H groups in total. The van der Waals surface area contributed by atoms with Crippen LogP contribution in [0.25, 0.3) is 22.8 Å². The van der Waals surface area contributed by atoms with Crippen molar-refractivity contribution in [2.75, 3.05) is 30.7 Å². The first kappa shape index (κ1) is 63.3. The number of carbonyl (C=O) groups is 7. The van der Waals surface area contributed by atoms with E-state index in [0.717, 1.165) is 22.3 Å². The largest absolute Gasteiger partial charge is 0.477 e. The molecule has 12 bridgehead atoms. The quantitative estimate of drug-likeness (QED) is 0.0364. The fourth-order valence-electron chi connectivity index (χ4n) is 12.5. The number of rotatable bonds is 18. The van der Waals surface area contributed by atoms with E-state index < -0.39 is 29.3 Å². The number of imide groups is 1. The smallest absolute Gasteiger partial charge is 0.354 e. The van der Waals surface area contributed by atoms with Crippen molar-refractivity contribution in [3.8, 4) is 22.8 Å². The first-order valence-electron chi connectivity index (χ1n) is 30.9. The van der Waals surface area contributed by atoms with Gasteiger partial charge in [-0.25, -0.2) is 39.5 Å². The number of aryl methyl sites for hydroxylation is 2. The van der Waals surface area contributed by atoms with Crippen LogP contribution in [-0.4, -0.2) is 138 Å². The molecule has 1 saturated carbocycles. The fraction of sp³-hybridized carbons (Fsp3) is 0.364. The van der Waals surface area contributed by atoms with Crippen LogP contribution in [0.4, 0.5) is 5.82 Å². The number of aliphatic imine (C=N–C) groups is 1. The number of hydrogen-bond acceptors (Lipinski definition) is 20. The fourth-order valence-corrected chi connectivity index (χ4v) is 13.6. The Morgan fingerprint density at radius 3 is 1.85 bits per heavy atom. The Kier molecular flexibility index (Phi) is 19.0. The second-order valence-electron chi connectivity index (χ2n) is 24.3. The van der Waals surface area contributed by atoms with Gasteiger partial charge in [-0.2, -0.15) is 0 Å². The van der Waals surface area contributed by atoms with Crippen LogP contribution in [0.1, 0.15) is 138 Å². The van der Waals surface area contributed by atoms with Gasteiger partial charge in [-0.15, -0.1) is 11.8 Å². The first-order chi connectivity index (χ1) is 44.9. The summed E-state index contributed by atoms with van der Waals surface area (Å²) in [6, 6.07) is 25.5. The molecule has 0 radical (unpaired) electrons. The van der Waals surface area contributed by atoms with Crippen LogP contribution < -0.4 is 27.0 Å². The Hall–Kier alpha value is -9.83. The van der Waals surface area contributed by atoms with E-state index in [9.17, 15) is 43.8 Å². The molecule has 1 saturated heterocycles. The number of aromatic nitrogens is 7. The Morgan fingerprint density at radius 1 is 0.677 bits per heavy atom. The summed E-state index contributed by atoms with van der Waals surface area (Å²) in [6.45, 7) is 6.38. The van der Waals surface area contributed by atoms with E-state index in [2.05, 4.69) is 46.2 Å². The number of nitrogens with two attached hydrogens (primary N) is 1. The van der Waals surface area contributed by atoms with Crippen LogP contribution in [0, 0.1) is 25.7 Å². The third-order valence-electron chi connectivity index (χ3n) is 16.9. The summed E-state index contributed by atoms with van der Waals surface area (Å²) in [7, 11) is 0. The predicted octanol–water partition coefficient (Wildman–Crippen LogP) is 5.94. The number of ether oxygens (including phenoxy) is 1. The lowest BCUT2D eigenvalue weighted by Crippen LogP contribution is -2.38. The molecule has 0 spiro atoms. The van der Waals surface area contributed by atoms with Gasteiger partial charge in [0.1, 0.15) is 17.1 Å². The molecule has 1 aromatic carbocycles. The highest BCUT2D eigenvalue weighted by molar-refractivity contribution is 8.00. The number of likely N-dealkylation sites (tertiary alicyclic amines) is 1. The molecule has 480 valence electrons. The number of pyridine rings is 5. The molecular weight excluding hydrogens is 1210 g/mol. The third kappa shape index (κ3) is 15.7. The van der Waals surface area contributed by atoms with E-state index in [4.69, 9.17) is 25.4 Å². The van der Waals surface area contributed by atoms with Crippen LogP contribution in [0.2, 0.25) is 0 Å². The predicted molar refractivity (Wildman–Crippen MR) is 341 cm³/mol. The molecule has 12 rings (SSSR count). The molecule has 4 atom stereocenters. The van der Waals surface area contributed by atoms with Crippen LogP contribution in [-0.2, 0) is 76.3 Å². The minimum absolute atomic E-state index is 0.0226. The molecule has 2 fully saturated rings.